The number of nitrogens with zero attached hydrogens (tertiary/aromatic N) is 3. The monoisotopic (exact) mass is 204 g/mol. The van der Waals surface area contributed by atoms with E-state index in [-0.39, 0.29) is 0 Å². The fourth-order valence-corrected chi connectivity index (χ4v) is 1.71. The van der Waals surface area contributed by atoms with E-state index in [1.54, 1.807) is 6.07 Å². The maximum absolute atomic E-state index is 5.70. The lowest BCUT2D eigenvalue weighted by Crippen LogP contribution is -2.24. The first-order valence-electron chi connectivity index (χ1n) is 5.14. The van der Waals surface area contributed by atoms with Crippen LogP contribution in [-0.2, 0) is 0 Å². The molecule has 0 radical (unpaired) electrons. The standard InChI is InChI=1S/C11H16N4/c1-8-7-10(12)14-11(13-8)9-3-5-15(2)6-4-9/h3,7H,4-6H2,1-2H3,(H2,12,13,14). The van der Waals surface area contributed by atoms with Crippen molar-refractivity contribution in [2.24, 2.45) is 0 Å². The lowest BCUT2D eigenvalue weighted by atomic mass is 10.1. The molecule has 2 heterocycles. The predicted molar refractivity (Wildman–Crippen MR) is 61.3 cm³/mol. The molecule has 0 aliphatic carbocycles. The molecule has 2 rings (SSSR count). The Kier molecular flexibility index (Phi) is 2.68. The highest BCUT2D eigenvalue weighted by molar-refractivity contribution is 5.62. The fraction of sp³-hybridized carbons (Fsp3) is 0.455. The first-order chi connectivity index (χ1) is 7.15. The quantitative estimate of drug-likeness (QED) is 0.744. The van der Waals surface area contributed by atoms with Crippen molar-refractivity contribution in [3.8, 4) is 0 Å². The third-order valence-electron chi connectivity index (χ3n) is 2.57. The molecule has 0 spiro atoms. The van der Waals surface area contributed by atoms with E-state index >= 15 is 0 Å². The molecule has 1 aliphatic heterocycles. The molecule has 0 unspecified atom stereocenters. The largest absolute Gasteiger partial charge is 0.384 e. The third kappa shape index (κ3) is 2.33. The zero-order valence-corrected chi connectivity index (χ0v) is 9.20. The normalized spacial score (nSPS) is 17.6. The second kappa shape index (κ2) is 3.98. The number of hydrogen-bond donors (Lipinski definition) is 1. The van der Waals surface area contributed by atoms with Crippen molar-refractivity contribution in [2.45, 2.75) is 13.3 Å². The maximum Gasteiger partial charge on any atom is 0.157 e. The molecule has 15 heavy (non-hydrogen) atoms. The van der Waals surface area contributed by atoms with Crippen LogP contribution in [0.25, 0.3) is 5.57 Å². The maximum atomic E-state index is 5.70. The summed E-state index contributed by atoms with van der Waals surface area (Å²) in [5.41, 5.74) is 7.84. The van der Waals surface area contributed by atoms with Crippen molar-refractivity contribution < 1.29 is 0 Å². The molecule has 1 aliphatic rings. The summed E-state index contributed by atoms with van der Waals surface area (Å²) in [6, 6.07) is 1.79. The van der Waals surface area contributed by atoms with Crippen LogP contribution in [0.5, 0.6) is 0 Å². The average molecular weight is 204 g/mol. The molecule has 0 fully saturated rings. The van der Waals surface area contributed by atoms with E-state index in [1.165, 1.54) is 5.57 Å². The molecular weight excluding hydrogens is 188 g/mol. The summed E-state index contributed by atoms with van der Waals surface area (Å²) in [6.07, 6.45) is 3.18. The van der Waals surface area contributed by atoms with Gasteiger partial charge in [0.15, 0.2) is 5.82 Å². The number of aromatic nitrogens is 2. The van der Waals surface area contributed by atoms with Gasteiger partial charge in [-0.05, 0) is 26.0 Å². The Morgan fingerprint density at radius 3 is 2.80 bits per heavy atom. The Balaban J connectivity index is 2.29. The number of anilines is 1. The Hall–Kier alpha value is -1.42. The number of hydrogen-bond acceptors (Lipinski definition) is 4. The van der Waals surface area contributed by atoms with Gasteiger partial charge in [-0.15, -0.1) is 0 Å². The van der Waals surface area contributed by atoms with Crippen LogP contribution in [-0.4, -0.2) is 35.0 Å². The van der Waals surface area contributed by atoms with Gasteiger partial charge in [0.25, 0.3) is 0 Å². The molecule has 2 N–H and O–H groups in total. The molecule has 0 aromatic carbocycles. The molecule has 0 atom stereocenters. The summed E-state index contributed by atoms with van der Waals surface area (Å²) in [7, 11) is 2.11. The van der Waals surface area contributed by atoms with E-state index in [2.05, 4.69) is 28.0 Å². The van der Waals surface area contributed by atoms with Gasteiger partial charge in [0.2, 0.25) is 0 Å². The molecule has 4 nitrogen and oxygen atoms in total. The predicted octanol–water partition coefficient (Wildman–Crippen LogP) is 1.09. The number of likely N-dealkylation sites (N-methyl/N-ethyl adjacent to an activating group) is 1. The summed E-state index contributed by atoms with van der Waals surface area (Å²) < 4.78 is 0. The minimum atomic E-state index is 0.553. The highest BCUT2D eigenvalue weighted by Gasteiger charge is 2.12. The summed E-state index contributed by atoms with van der Waals surface area (Å²) in [5, 5.41) is 0. The number of aryl methyl sites for hydroxylation is 1. The zero-order valence-electron chi connectivity index (χ0n) is 9.20. The second-order valence-electron chi connectivity index (χ2n) is 4.00. The van der Waals surface area contributed by atoms with Gasteiger partial charge in [0, 0.05) is 24.8 Å². The van der Waals surface area contributed by atoms with E-state index in [0.717, 1.165) is 31.0 Å². The van der Waals surface area contributed by atoms with Crippen LogP contribution in [0.4, 0.5) is 5.82 Å². The van der Waals surface area contributed by atoms with Gasteiger partial charge in [-0.1, -0.05) is 6.08 Å². The van der Waals surface area contributed by atoms with Crippen LogP contribution in [0.15, 0.2) is 12.1 Å². The topological polar surface area (TPSA) is 55.0 Å². The van der Waals surface area contributed by atoms with Crippen LogP contribution >= 0.6 is 0 Å². The minimum absolute atomic E-state index is 0.553. The highest BCUT2D eigenvalue weighted by Crippen LogP contribution is 2.19. The molecule has 0 amide bonds. The van der Waals surface area contributed by atoms with Crippen molar-refractivity contribution in [3.05, 3.63) is 23.7 Å². The summed E-state index contributed by atoms with van der Waals surface area (Å²) in [6.45, 7) is 3.96. The lowest BCUT2D eigenvalue weighted by Gasteiger charge is -2.21. The highest BCUT2D eigenvalue weighted by atomic mass is 15.1. The molecule has 0 saturated carbocycles. The van der Waals surface area contributed by atoms with Gasteiger partial charge in [0.05, 0.1) is 0 Å². The van der Waals surface area contributed by atoms with E-state index in [9.17, 15) is 0 Å². The van der Waals surface area contributed by atoms with Crippen molar-refractivity contribution in [2.75, 3.05) is 25.9 Å². The van der Waals surface area contributed by atoms with Crippen LogP contribution in [0.3, 0.4) is 0 Å². The average Bonchev–Trinajstić information content (AvgIpc) is 2.17. The van der Waals surface area contributed by atoms with Gasteiger partial charge in [-0.25, -0.2) is 9.97 Å². The van der Waals surface area contributed by atoms with Crippen LogP contribution < -0.4 is 5.73 Å². The molecule has 80 valence electrons. The van der Waals surface area contributed by atoms with E-state index < -0.39 is 0 Å². The van der Waals surface area contributed by atoms with Gasteiger partial charge in [-0.3, -0.25) is 0 Å². The molecule has 0 bridgehead atoms. The van der Waals surface area contributed by atoms with Crippen molar-refractivity contribution in [1.82, 2.24) is 14.9 Å². The van der Waals surface area contributed by atoms with Gasteiger partial charge in [0.1, 0.15) is 5.82 Å². The Morgan fingerprint density at radius 2 is 2.20 bits per heavy atom. The second-order valence-corrected chi connectivity index (χ2v) is 4.00. The smallest absolute Gasteiger partial charge is 0.157 e. The van der Waals surface area contributed by atoms with Gasteiger partial charge in [-0.2, -0.15) is 0 Å². The van der Waals surface area contributed by atoms with E-state index in [0.29, 0.717) is 5.82 Å². The van der Waals surface area contributed by atoms with Gasteiger partial charge >= 0.3 is 0 Å². The summed E-state index contributed by atoms with van der Waals surface area (Å²) >= 11 is 0. The molecule has 4 heteroatoms. The molecule has 0 saturated heterocycles. The third-order valence-corrected chi connectivity index (χ3v) is 2.57. The lowest BCUT2D eigenvalue weighted by molar-refractivity contribution is 0.369. The molecule has 1 aromatic rings. The first-order valence-corrected chi connectivity index (χ1v) is 5.14. The van der Waals surface area contributed by atoms with Crippen molar-refractivity contribution in [1.29, 1.82) is 0 Å². The summed E-state index contributed by atoms with van der Waals surface area (Å²) in [5.74, 6) is 1.35. The Morgan fingerprint density at radius 1 is 1.40 bits per heavy atom. The fourth-order valence-electron chi connectivity index (χ4n) is 1.71. The van der Waals surface area contributed by atoms with Crippen molar-refractivity contribution >= 4 is 11.4 Å². The Bertz CT molecular complexity index is 377. The number of nitrogens with two attached hydrogens (primary N) is 1. The van der Waals surface area contributed by atoms with E-state index in [4.69, 9.17) is 5.73 Å². The molecular formula is C11H16N4. The number of nitrogen functional groups attached to an aromatic ring is 1. The Labute approximate surface area is 89.8 Å². The van der Waals surface area contributed by atoms with E-state index in [1.807, 2.05) is 6.92 Å². The van der Waals surface area contributed by atoms with Crippen molar-refractivity contribution in [3.63, 3.8) is 0 Å². The van der Waals surface area contributed by atoms with Crippen LogP contribution in [0, 0.1) is 6.92 Å². The van der Waals surface area contributed by atoms with Crippen LogP contribution in [0.1, 0.15) is 17.9 Å². The first kappa shape index (κ1) is 10.1. The number of rotatable bonds is 1. The molecule has 1 aromatic heterocycles. The zero-order chi connectivity index (χ0) is 10.8. The minimum Gasteiger partial charge on any atom is -0.384 e. The SMILES string of the molecule is Cc1cc(N)nc(C2=CCN(C)CC2)n1. The van der Waals surface area contributed by atoms with Gasteiger partial charge < -0.3 is 10.6 Å². The van der Waals surface area contributed by atoms with Crippen LogP contribution in [0.2, 0.25) is 0 Å². The summed E-state index contributed by atoms with van der Waals surface area (Å²) in [4.78, 5) is 10.9.